The lowest BCUT2D eigenvalue weighted by Crippen LogP contribution is -2.28. The molecule has 0 bridgehead atoms. The maximum Gasteiger partial charge on any atom is 0.391 e. The third kappa shape index (κ3) is 3.37. The predicted molar refractivity (Wildman–Crippen MR) is 85.7 cm³/mol. The Morgan fingerprint density at radius 2 is 1.62 bits per heavy atom. The van der Waals surface area contributed by atoms with Crippen molar-refractivity contribution in [3.63, 3.8) is 0 Å². The van der Waals surface area contributed by atoms with E-state index in [1.165, 1.54) is 6.07 Å². The fraction of sp³-hybridized carbons (Fsp3) is 0.444. The molecular weight excluding hydrogens is 355 g/mol. The van der Waals surface area contributed by atoms with Gasteiger partial charge >= 0.3 is 6.18 Å². The third-order valence-electron chi connectivity index (χ3n) is 5.02. The molecule has 0 unspecified atom stereocenters. The van der Waals surface area contributed by atoms with Crippen LogP contribution in [-0.4, -0.2) is 16.4 Å². The van der Waals surface area contributed by atoms with E-state index in [-0.39, 0.29) is 31.2 Å². The monoisotopic (exact) mass is 372 g/mol. The average molecular weight is 372 g/mol. The van der Waals surface area contributed by atoms with Crippen LogP contribution in [0.4, 0.5) is 22.0 Å². The van der Waals surface area contributed by atoms with Crippen molar-refractivity contribution in [2.75, 3.05) is 0 Å². The molecule has 0 spiro atoms. The van der Waals surface area contributed by atoms with E-state index in [2.05, 4.69) is 10.2 Å². The van der Waals surface area contributed by atoms with Crippen LogP contribution in [0.3, 0.4) is 0 Å². The second kappa shape index (κ2) is 6.81. The summed E-state index contributed by atoms with van der Waals surface area (Å²) in [7, 11) is 0. The number of aryl methyl sites for hydroxylation is 1. The molecule has 0 amide bonds. The Balaban J connectivity index is 2.07. The highest BCUT2D eigenvalue weighted by molar-refractivity contribution is 5.69. The highest BCUT2D eigenvalue weighted by Gasteiger charge is 2.42. The molecule has 0 aliphatic heterocycles. The Morgan fingerprint density at radius 3 is 2.15 bits per heavy atom. The van der Waals surface area contributed by atoms with Crippen LogP contribution >= 0.6 is 0 Å². The number of nitrogens with zero attached hydrogens (tertiary/aromatic N) is 1. The smallest absolute Gasteiger partial charge is 0.267 e. The summed E-state index contributed by atoms with van der Waals surface area (Å²) in [5.41, 5.74) is -0.709. The fourth-order valence-electron chi connectivity index (χ4n) is 3.75. The number of halogens is 5. The molecule has 1 aromatic carbocycles. The normalized spacial score (nSPS) is 21.0. The summed E-state index contributed by atoms with van der Waals surface area (Å²) < 4.78 is 67.2. The molecule has 1 N–H and O–H groups in total. The van der Waals surface area contributed by atoms with Gasteiger partial charge in [-0.3, -0.25) is 4.79 Å². The zero-order valence-corrected chi connectivity index (χ0v) is 14.0. The summed E-state index contributed by atoms with van der Waals surface area (Å²) in [5, 5.41) is 6.08. The molecule has 3 nitrogen and oxygen atoms in total. The van der Waals surface area contributed by atoms with Crippen LogP contribution < -0.4 is 5.56 Å². The first-order valence-corrected chi connectivity index (χ1v) is 8.30. The first kappa shape index (κ1) is 18.5. The zero-order valence-electron chi connectivity index (χ0n) is 14.0. The molecule has 26 heavy (non-hydrogen) atoms. The van der Waals surface area contributed by atoms with Gasteiger partial charge in [-0.2, -0.15) is 18.3 Å². The van der Waals surface area contributed by atoms with E-state index in [0.717, 1.165) is 12.1 Å². The molecule has 1 aromatic heterocycles. The molecule has 8 heteroatoms. The van der Waals surface area contributed by atoms with E-state index in [4.69, 9.17) is 0 Å². The van der Waals surface area contributed by atoms with Gasteiger partial charge in [-0.25, -0.2) is 13.9 Å². The second-order valence-corrected chi connectivity index (χ2v) is 6.61. The van der Waals surface area contributed by atoms with Crippen molar-refractivity contribution in [2.45, 2.75) is 44.7 Å². The Kier molecular flexibility index (Phi) is 4.86. The number of aromatic amines is 1. The molecule has 2 aromatic rings. The van der Waals surface area contributed by atoms with Crippen LogP contribution in [0.25, 0.3) is 11.1 Å². The van der Waals surface area contributed by atoms with Gasteiger partial charge in [-0.05, 0) is 56.2 Å². The number of aromatic nitrogens is 2. The van der Waals surface area contributed by atoms with Gasteiger partial charge in [0.2, 0.25) is 0 Å². The molecule has 1 saturated carbocycles. The maximum absolute atomic E-state index is 14.3. The summed E-state index contributed by atoms with van der Waals surface area (Å²) in [6, 6.07) is 3.26. The van der Waals surface area contributed by atoms with Crippen LogP contribution in [0, 0.1) is 24.5 Å². The highest BCUT2D eigenvalue weighted by atomic mass is 19.4. The molecule has 1 fully saturated rings. The van der Waals surface area contributed by atoms with Crippen LogP contribution in [-0.2, 0) is 0 Å². The fourth-order valence-corrected chi connectivity index (χ4v) is 3.75. The van der Waals surface area contributed by atoms with Crippen molar-refractivity contribution < 1.29 is 22.0 Å². The Morgan fingerprint density at radius 1 is 1.04 bits per heavy atom. The number of benzene rings is 1. The SMILES string of the molecule is Cc1n[nH]c(=O)c(-c2c(F)cccc2F)c1C1CCC(C(F)(F)F)CC1. The van der Waals surface area contributed by atoms with Crippen molar-refractivity contribution in [3.8, 4) is 11.1 Å². The molecule has 0 radical (unpaired) electrons. The van der Waals surface area contributed by atoms with Crippen LogP contribution in [0.1, 0.15) is 42.9 Å². The van der Waals surface area contributed by atoms with Crippen LogP contribution in [0.15, 0.2) is 23.0 Å². The van der Waals surface area contributed by atoms with E-state index in [9.17, 15) is 26.7 Å². The van der Waals surface area contributed by atoms with E-state index >= 15 is 0 Å². The van der Waals surface area contributed by atoms with E-state index in [1.54, 1.807) is 6.92 Å². The van der Waals surface area contributed by atoms with Gasteiger partial charge in [-0.15, -0.1) is 0 Å². The molecule has 0 atom stereocenters. The van der Waals surface area contributed by atoms with Gasteiger partial charge in [0, 0.05) is 0 Å². The lowest BCUT2D eigenvalue weighted by atomic mass is 9.76. The maximum atomic E-state index is 14.3. The third-order valence-corrected chi connectivity index (χ3v) is 5.02. The molecular formula is C18H17F5N2O. The second-order valence-electron chi connectivity index (χ2n) is 6.61. The van der Waals surface area contributed by atoms with Gasteiger partial charge in [-0.1, -0.05) is 6.07 Å². The minimum Gasteiger partial charge on any atom is -0.267 e. The molecule has 0 saturated heterocycles. The molecule has 1 heterocycles. The molecule has 140 valence electrons. The summed E-state index contributed by atoms with van der Waals surface area (Å²) >= 11 is 0. The quantitative estimate of drug-likeness (QED) is 0.766. The number of H-pyrrole nitrogens is 1. The minimum atomic E-state index is -4.26. The highest BCUT2D eigenvalue weighted by Crippen LogP contribution is 2.45. The largest absolute Gasteiger partial charge is 0.391 e. The van der Waals surface area contributed by atoms with Crippen molar-refractivity contribution in [2.24, 2.45) is 5.92 Å². The summed E-state index contributed by atoms with van der Waals surface area (Å²) in [6.07, 6.45) is -4.06. The first-order valence-electron chi connectivity index (χ1n) is 8.30. The van der Waals surface area contributed by atoms with Gasteiger partial charge in [0.05, 0.1) is 22.7 Å². The molecule has 1 aliphatic carbocycles. The number of nitrogens with one attached hydrogen (secondary N) is 1. The van der Waals surface area contributed by atoms with Gasteiger partial charge in [0.1, 0.15) is 11.6 Å². The number of hydrogen-bond donors (Lipinski definition) is 1. The Hall–Kier alpha value is -2.25. The Labute approximate surface area is 146 Å². The van der Waals surface area contributed by atoms with Crippen LogP contribution in [0.5, 0.6) is 0 Å². The Bertz CT molecular complexity index is 847. The average Bonchev–Trinajstić information content (AvgIpc) is 2.57. The zero-order chi connectivity index (χ0) is 19.1. The van der Waals surface area contributed by atoms with E-state index < -0.39 is 40.8 Å². The molecule has 1 aliphatic rings. The van der Waals surface area contributed by atoms with Crippen molar-refractivity contribution in [3.05, 3.63) is 51.4 Å². The lowest BCUT2D eigenvalue weighted by molar-refractivity contribution is -0.182. The molecule has 3 rings (SSSR count). The topological polar surface area (TPSA) is 45.8 Å². The standard InChI is InChI=1S/C18H17F5N2O/c1-9-14(10-5-7-11(8-6-10)18(21,22)23)16(17(26)25-24-9)15-12(19)3-2-4-13(15)20/h2-4,10-11H,5-8H2,1H3,(H,25,26). The van der Waals surface area contributed by atoms with E-state index in [0.29, 0.717) is 11.3 Å². The lowest BCUT2D eigenvalue weighted by Gasteiger charge is -2.31. The van der Waals surface area contributed by atoms with Gasteiger partial charge in [0.15, 0.2) is 0 Å². The predicted octanol–water partition coefficient (Wildman–Crippen LogP) is 4.86. The number of alkyl halides is 3. The van der Waals surface area contributed by atoms with E-state index in [1.807, 2.05) is 0 Å². The summed E-state index contributed by atoms with van der Waals surface area (Å²) in [6.45, 7) is 1.57. The van der Waals surface area contributed by atoms with Crippen LogP contribution in [0.2, 0.25) is 0 Å². The number of hydrogen-bond acceptors (Lipinski definition) is 2. The van der Waals surface area contributed by atoms with Crippen molar-refractivity contribution in [1.29, 1.82) is 0 Å². The van der Waals surface area contributed by atoms with Gasteiger partial charge < -0.3 is 0 Å². The number of rotatable bonds is 2. The van der Waals surface area contributed by atoms with Gasteiger partial charge in [0.25, 0.3) is 5.56 Å². The summed E-state index contributed by atoms with van der Waals surface area (Å²) in [5.74, 6) is -3.59. The summed E-state index contributed by atoms with van der Waals surface area (Å²) in [4.78, 5) is 12.3. The van der Waals surface area contributed by atoms with Crippen molar-refractivity contribution >= 4 is 0 Å². The minimum absolute atomic E-state index is 0.0837. The first-order chi connectivity index (χ1) is 12.2. The van der Waals surface area contributed by atoms with Crippen molar-refractivity contribution in [1.82, 2.24) is 10.2 Å².